The zero-order valence-electron chi connectivity index (χ0n) is 16.2. The maximum atomic E-state index is 5.94. The summed E-state index contributed by atoms with van der Waals surface area (Å²) in [6.45, 7) is 6.20. The van der Waals surface area contributed by atoms with Crippen LogP contribution >= 0.6 is 0 Å². The van der Waals surface area contributed by atoms with Crippen molar-refractivity contribution in [2.24, 2.45) is 11.8 Å². The predicted molar refractivity (Wildman–Crippen MR) is 104 cm³/mol. The Balaban J connectivity index is 1.48. The lowest BCUT2D eigenvalue weighted by atomic mass is 9.77. The minimum atomic E-state index is -0.160. The lowest BCUT2D eigenvalue weighted by molar-refractivity contribution is -0.206. The molecule has 0 unspecified atom stereocenters. The summed E-state index contributed by atoms with van der Waals surface area (Å²) in [6.07, 6.45) is 12.0. The monoisotopic (exact) mass is 344 g/mol. The molecule has 0 radical (unpaired) electrons. The van der Waals surface area contributed by atoms with Crippen LogP contribution in [0.5, 0.6) is 0 Å². The fourth-order valence-corrected chi connectivity index (χ4v) is 4.51. The highest BCUT2D eigenvalue weighted by Gasteiger charge is 2.24. The van der Waals surface area contributed by atoms with Gasteiger partial charge in [-0.1, -0.05) is 63.8 Å². The highest BCUT2D eigenvalue weighted by atomic mass is 16.7. The lowest BCUT2D eigenvalue weighted by Crippen LogP contribution is -2.27. The molecule has 0 spiro atoms. The van der Waals surface area contributed by atoms with Gasteiger partial charge in [-0.15, -0.1) is 0 Å². The second-order valence-electron chi connectivity index (χ2n) is 8.18. The first-order valence-electron chi connectivity index (χ1n) is 10.6. The first kappa shape index (κ1) is 18.9. The van der Waals surface area contributed by atoms with Crippen molar-refractivity contribution in [3.63, 3.8) is 0 Å². The summed E-state index contributed by atoms with van der Waals surface area (Å²) in [4.78, 5) is 0. The van der Waals surface area contributed by atoms with E-state index < -0.39 is 0 Å². The molecular weight excluding hydrogens is 308 g/mol. The molecule has 1 aliphatic heterocycles. The van der Waals surface area contributed by atoms with E-state index in [0.29, 0.717) is 5.92 Å². The molecule has 25 heavy (non-hydrogen) atoms. The quantitative estimate of drug-likeness (QED) is 0.554. The molecule has 0 amide bonds. The van der Waals surface area contributed by atoms with Crippen LogP contribution in [0.15, 0.2) is 24.3 Å². The van der Waals surface area contributed by atoms with Crippen molar-refractivity contribution in [2.45, 2.75) is 83.8 Å². The minimum Gasteiger partial charge on any atom is -0.348 e. The largest absolute Gasteiger partial charge is 0.348 e. The van der Waals surface area contributed by atoms with Gasteiger partial charge in [-0.25, -0.2) is 0 Å². The summed E-state index contributed by atoms with van der Waals surface area (Å²) in [5.74, 6) is 2.31. The number of ether oxygens (including phenoxy) is 2. The molecule has 1 aromatic rings. The summed E-state index contributed by atoms with van der Waals surface area (Å²) in [7, 11) is 0. The maximum Gasteiger partial charge on any atom is 0.183 e. The van der Waals surface area contributed by atoms with Crippen LogP contribution in [0.1, 0.15) is 95.0 Å². The van der Waals surface area contributed by atoms with E-state index in [0.717, 1.165) is 25.0 Å². The number of unbranched alkanes of at least 4 members (excludes halogenated alkanes) is 1. The van der Waals surface area contributed by atoms with E-state index in [2.05, 4.69) is 38.1 Å². The van der Waals surface area contributed by atoms with Crippen molar-refractivity contribution >= 4 is 0 Å². The topological polar surface area (TPSA) is 18.5 Å². The van der Waals surface area contributed by atoms with E-state index in [9.17, 15) is 0 Å². The molecule has 1 saturated carbocycles. The first-order chi connectivity index (χ1) is 12.3. The van der Waals surface area contributed by atoms with Crippen LogP contribution in [-0.4, -0.2) is 13.2 Å². The number of hydrogen-bond donors (Lipinski definition) is 0. The highest BCUT2D eigenvalue weighted by Crippen LogP contribution is 2.38. The number of rotatable bonds is 7. The van der Waals surface area contributed by atoms with Gasteiger partial charge in [0.1, 0.15) is 0 Å². The van der Waals surface area contributed by atoms with Crippen LogP contribution in [0.3, 0.4) is 0 Å². The van der Waals surface area contributed by atoms with Crippen molar-refractivity contribution in [2.75, 3.05) is 13.2 Å². The van der Waals surface area contributed by atoms with Crippen molar-refractivity contribution in [1.29, 1.82) is 0 Å². The molecule has 0 bridgehead atoms. The van der Waals surface area contributed by atoms with Gasteiger partial charge in [0.05, 0.1) is 13.2 Å². The van der Waals surface area contributed by atoms with Crippen LogP contribution in [0.2, 0.25) is 0 Å². The van der Waals surface area contributed by atoms with Gasteiger partial charge < -0.3 is 9.47 Å². The number of benzene rings is 1. The van der Waals surface area contributed by atoms with Gasteiger partial charge in [-0.05, 0) is 49.5 Å². The van der Waals surface area contributed by atoms with Gasteiger partial charge in [-0.2, -0.15) is 0 Å². The summed E-state index contributed by atoms with van der Waals surface area (Å²) in [5, 5.41) is 0. The average Bonchev–Trinajstić information content (AvgIpc) is 2.68. The minimum absolute atomic E-state index is 0.160. The summed E-state index contributed by atoms with van der Waals surface area (Å²) < 4.78 is 11.9. The second-order valence-corrected chi connectivity index (χ2v) is 8.18. The Morgan fingerprint density at radius 3 is 2.00 bits per heavy atom. The van der Waals surface area contributed by atoms with Crippen LogP contribution in [0, 0.1) is 11.8 Å². The van der Waals surface area contributed by atoms with Crippen LogP contribution in [-0.2, 0) is 9.47 Å². The molecular formula is C23H36O2. The van der Waals surface area contributed by atoms with E-state index in [1.54, 1.807) is 0 Å². The standard InChI is InChI=1S/C23H36O2/c1-3-5-7-18-8-10-20(11-9-18)21-12-14-22(15-13-21)23-24-16-19(6-4-2)17-25-23/h12-15,18-20,23H,3-11,16-17H2,1-2H3. The van der Waals surface area contributed by atoms with Crippen LogP contribution in [0.4, 0.5) is 0 Å². The Hall–Kier alpha value is -0.860. The number of hydrogen-bond acceptors (Lipinski definition) is 2. The fraction of sp³-hybridized carbons (Fsp3) is 0.739. The Labute approximate surface area is 154 Å². The molecule has 0 atom stereocenters. The van der Waals surface area contributed by atoms with Crippen molar-refractivity contribution in [1.82, 2.24) is 0 Å². The Bertz CT molecular complexity index is 479. The molecule has 2 fully saturated rings. The van der Waals surface area contributed by atoms with E-state index in [1.165, 1.54) is 68.9 Å². The Morgan fingerprint density at radius 2 is 1.40 bits per heavy atom. The van der Waals surface area contributed by atoms with Crippen LogP contribution in [0.25, 0.3) is 0 Å². The van der Waals surface area contributed by atoms with E-state index >= 15 is 0 Å². The molecule has 0 aromatic heterocycles. The summed E-state index contributed by atoms with van der Waals surface area (Å²) in [5.41, 5.74) is 2.69. The predicted octanol–water partition coefficient (Wildman–Crippen LogP) is 6.61. The molecule has 1 saturated heterocycles. The van der Waals surface area contributed by atoms with Gasteiger partial charge in [0.2, 0.25) is 0 Å². The lowest BCUT2D eigenvalue weighted by Gasteiger charge is -2.30. The zero-order chi connectivity index (χ0) is 17.5. The maximum absolute atomic E-state index is 5.94. The molecule has 1 heterocycles. The Morgan fingerprint density at radius 1 is 0.760 bits per heavy atom. The third-order valence-electron chi connectivity index (χ3n) is 6.16. The molecule has 1 aromatic carbocycles. The van der Waals surface area contributed by atoms with Crippen LogP contribution < -0.4 is 0 Å². The average molecular weight is 345 g/mol. The molecule has 2 aliphatic rings. The van der Waals surface area contributed by atoms with Gasteiger partial charge in [0.15, 0.2) is 6.29 Å². The molecule has 2 nitrogen and oxygen atoms in total. The first-order valence-corrected chi connectivity index (χ1v) is 10.6. The molecule has 140 valence electrons. The second kappa shape index (κ2) is 9.73. The molecule has 2 heteroatoms. The van der Waals surface area contributed by atoms with Crippen molar-refractivity contribution in [3.05, 3.63) is 35.4 Å². The molecule has 0 N–H and O–H groups in total. The van der Waals surface area contributed by atoms with Crippen molar-refractivity contribution < 1.29 is 9.47 Å². The molecule has 3 rings (SSSR count). The fourth-order valence-electron chi connectivity index (χ4n) is 4.51. The van der Waals surface area contributed by atoms with E-state index in [4.69, 9.17) is 9.47 Å². The normalized spacial score (nSPS) is 30.3. The summed E-state index contributed by atoms with van der Waals surface area (Å²) >= 11 is 0. The SMILES string of the molecule is CCCCC1CCC(c2ccc(C3OCC(CCC)CO3)cc2)CC1. The Kier molecular flexibility index (Phi) is 7.36. The van der Waals surface area contributed by atoms with E-state index in [-0.39, 0.29) is 6.29 Å². The van der Waals surface area contributed by atoms with Gasteiger partial charge in [0.25, 0.3) is 0 Å². The molecule has 1 aliphatic carbocycles. The van der Waals surface area contributed by atoms with Crippen molar-refractivity contribution in [3.8, 4) is 0 Å². The van der Waals surface area contributed by atoms with Gasteiger partial charge >= 0.3 is 0 Å². The zero-order valence-corrected chi connectivity index (χ0v) is 16.2. The third kappa shape index (κ3) is 5.31. The summed E-state index contributed by atoms with van der Waals surface area (Å²) in [6, 6.07) is 9.08. The van der Waals surface area contributed by atoms with Gasteiger partial charge in [0, 0.05) is 11.5 Å². The third-order valence-corrected chi connectivity index (χ3v) is 6.16. The van der Waals surface area contributed by atoms with E-state index in [1.807, 2.05) is 0 Å². The highest BCUT2D eigenvalue weighted by molar-refractivity contribution is 5.26. The smallest absolute Gasteiger partial charge is 0.183 e. The van der Waals surface area contributed by atoms with Gasteiger partial charge in [-0.3, -0.25) is 0 Å².